The van der Waals surface area contributed by atoms with E-state index in [9.17, 15) is 0 Å². The molecule has 0 aromatic heterocycles. The number of aryl methyl sites for hydroxylation is 4. The summed E-state index contributed by atoms with van der Waals surface area (Å²) in [5, 5.41) is 3.83. The van der Waals surface area contributed by atoms with Crippen LogP contribution in [-0.2, 0) is 25.7 Å². The van der Waals surface area contributed by atoms with Gasteiger partial charge >= 0.3 is 0 Å². The van der Waals surface area contributed by atoms with Gasteiger partial charge < -0.3 is 0 Å². The number of hydrogen-bond donors (Lipinski definition) is 0. The Morgan fingerprint density at radius 1 is 0.567 bits per heavy atom. The molecule has 0 aliphatic rings. The van der Waals surface area contributed by atoms with Crippen LogP contribution in [0.2, 0.25) is 30.1 Å². The molecule has 0 fully saturated rings. The summed E-state index contributed by atoms with van der Waals surface area (Å²) in [5.41, 5.74) is 5.86. The van der Waals surface area contributed by atoms with Gasteiger partial charge in [-0.2, -0.15) is 0 Å². The van der Waals surface area contributed by atoms with Crippen molar-refractivity contribution in [1.29, 1.82) is 0 Å². The second kappa shape index (κ2) is 10.3. The minimum absolute atomic E-state index is 0.606. The molecule has 0 unspecified atom stereocenters. The smallest absolute Gasteiger partial charge is 0.0627 e. The summed E-state index contributed by atoms with van der Waals surface area (Å²) >= 11 is 38.5. The van der Waals surface area contributed by atoms with Crippen LogP contribution in [0.4, 0.5) is 0 Å². The van der Waals surface area contributed by atoms with Crippen molar-refractivity contribution in [2.45, 2.75) is 39.5 Å². The molecule has 0 spiro atoms. The van der Waals surface area contributed by atoms with Gasteiger partial charge in [-0.1, -0.05) is 81.7 Å². The third-order valence-electron chi connectivity index (χ3n) is 5.15. The van der Waals surface area contributed by atoms with Crippen LogP contribution >= 0.6 is 69.6 Å². The Labute approximate surface area is 208 Å². The zero-order chi connectivity index (χ0) is 22.0. The molecule has 0 nitrogen and oxygen atoms in total. The lowest BCUT2D eigenvalue weighted by molar-refractivity contribution is 0.940. The summed E-state index contributed by atoms with van der Waals surface area (Å²) in [7, 11) is 0. The van der Waals surface area contributed by atoms with Crippen molar-refractivity contribution in [3.8, 4) is 0 Å². The fourth-order valence-corrected chi connectivity index (χ4v) is 5.41. The maximum Gasteiger partial charge on any atom is 0.0627 e. The van der Waals surface area contributed by atoms with Gasteiger partial charge in [0.05, 0.1) is 10.0 Å². The Hall–Kier alpha value is -0.600. The van der Waals surface area contributed by atoms with Gasteiger partial charge in [0.25, 0.3) is 0 Å². The Bertz CT molecular complexity index is 1040. The minimum Gasteiger partial charge on any atom is -0.0840 e. The normalized spacial score (nSPS) is 11.2. The van der Waals surface area contributed by atoms with E-state index >= 15 is 0 Å². The third kappa shape index (κ3) is 5.60. The van der Waals surface area contributed by atoms with E-state index in [0.29, 0.717) is 43.0 Å². The van der Waals surface area contributed by atoms with Crippen LogP contribution in [0.15, 0.2) is 36.4 Å². The molecule has 0 radical (unpaired) electrons. The molecule has 30 heavy (non-hydrogen) atoms. The Morgan fingerprint density at radius 3 is 1.60 bits per heavy atom. The first-order valence-corrected chi connectivity index (χ1v) is 11.8. The Balaban J connectivity index is 1.74. The van der Waals surface area contributed by atoms with Crippen molar-refractivity contribution in [3.63, 3.8) is 0 Å². The summed E-state index contributed by atoms with van der Waals surface area (Å²) in [5.74, 6) is 0. The summed E-state index contributed by atoms with van der Waals surface area (Å²) in [6, 6.07) is 11.7. The summed E-state index contributed by atoms with van der Waals surface area (Å²) in [4.78, 5) is 0. The molecule has 3 aromatic carbocycles. The first-order valence-electron chi connectivity index (χ1n) is 9.52. The molecule has 3 rings (SSSR count). The average Bonchev–Trinajstić information content (AvgIpc) is 2.66. The Morgan fingerprint density at radius 2 is 1.07 bits per heavy atom. The molecule has 6 heteroatoms. The monoisotopic (exact) mass is 518 g/mol. The maximum absolute atomic E-state index is 6.57. The number of benzene rings is 3. The summed E-state index contributed by atoms with van der Waals surface area (Å²) in [6.45, 7) is 3.90. The number of rotatable bonds is 6. The molecule has 0 amide bonds. The van der Waals surface area contributed by atoms with Crippen LogP contribution in [0.25, 0.3) is 0 Å². The summed E-state index contributed by atoms with van der Waals surface area (Å²) in [6.07, 6.45) is 2.82. The molecule has 0 saturated heterocycles. The molecule has 0 heterocycles. The van der Waals surface area contributed by atoms with E-state index in [2.05, 4.69) is 0 Å². The van der Waals surface area contributed by atoms with Crippen molar-refractivity contribution in [1.82, 2.24) is 0 Å². The molecule has 0 saturated carbocycles. The fraction of sp³-hybridized carbons (Fsp3) is 0.250. The van der Waals surface area contributed by atoms with E-state index in [4.69, 9.17) is 69.6 Å². The number of halogens is 6. The highest BCUT2D eigenvalue weighted by Crippen LogP contribution is 2.33. The maximum atomic E-state index is 6.57. The van der Waals surface area contributed by atoms with Gasteiger partial charge in [0.1, 0.15) is 0 Å². The van der Waals surface area contributed by atoms with Crippen LogP contribution in [-0.4, -0.2) is 0 Å². The van der Waals surface area contributed by atoms with Gasteiger partial charge in [0.15, 0.2) is 0 Å². The lowest BCUT2D eigenvalue weighted by atomic mass is 9.99. The lowest BCUT2D eigenvalue weighted by Gasteiger charge is -2.13. The van der Waals surface area contributed by atoms with Crippen molar-refractivity contribution < 1.29 is 0 Å². The molecule has 0 atom stereocenters. The van der Waals surface area contributed by atoms with Crippen molar-refractivity contribution in [2.75, 3.05) is 0 Å². The van der Waals surface area contributed by atoms with Gasteiger partial charge in [0.2, 0.25) is 0 Å². The van der Waals surface area contributed by atoms with Crippen molar-refractivity contribution in [2.24, 2.45) is 0 Å². The van der Waals surface area contributed by atoms with Crippen molar-refractivity contribution in [3.05, 3.63) is 99.9 Å². The molecule has 0 aliphatic heterocycles. The summed E-state index contributed by atoms with van der Waals surface area (Å²) < 4.78 is 0. The lowest BCUT2D eigenvalue weighted by Crippen LogP contribution is -1.99. The molecule has 0 aliphatic carbocycles. The first kappa shape index (κ1) is 24.1. The van der Waals surface area contributed by atoms with E-state index in [1.54, 1.807) is 0 Å². The Kier molecular flexibility index (Phi) is 8.29. The zero-order valence-corrected chi connectivity index (χ0v) is 21.1. The molecule has 0 bridgehead atoms. The van der Waals surface area contributed by atoms with Gasteiger partial charge in [0, 0.05) is 20.1 Å². The van der Waals surface area contributed by atoms with Gasteiger partial charge in [-0.15, -0.1) is 0 Å². The van der Waals surface area contributed by atoms with E-state index in [1.165, 1.54) is 0 Å². The number of hydrogen-bond acceptors (Lipinski definition) is 0. The third-order valence-corrected chi connectivity index (χ3v) is 7.51. The SMILES string of the molecule is Cc1cc(Cl)c(CCc2c(Cl)cc(CCc3ccc(C)c(Cl)c3Cl)cc2Cl)c(Cl)c1. The van der Waals surface area contributed by atoms with Crippen LogP contribution in [0, 0.1) is 13.8 Å². The van der Waals surface area contributed by atoms with E-state index < -0.39 is 0 Å². The molecule has 158 valence electrons. The van der Waals surface area contributed by atoms with Crippen molar-refractivity contribution >= 4 is 69.6 Å². The average molecular weight is 521 g/mol. The fourth-order valence-electron chi connectivity index (χ4n) is 3.42. The standard InChI is InChI=1S/C24H20Cl6/c1-13-9-19(25)17(20(26)10-13)7-8-18-21(27)11-15(12-22(18)28)4-6-16-5-3-14(2)23(29)24(16)30/h3,5,9-12H,4,6-8H2,1-2H3. The second-order valence-corrected chi connectivity index (χ2v) is 9.80. The highest BCUT2D eigenvalue weighted by atomic mass is 35.5. The first-order chi connectivity index (χ1) is 14.2. The van der Waals surface area contributed by atoms with Crippen LogP contribution < -0.4 is 0 Å². The highest BCUT2D eigenvalue weighted by Gasteiger charge is 2.13. The van der Waals surface area contributed by atoms with Gasteiger partial charge in [-0.05, 0) is 97.2 Å². The van der Waals surface area contributed by atoms with E-state index in [-0.39, 0.29) is 0 Å². The van der Waals surface area contributed by atoms with E-state index in [1.807, 2.05) is 50.2 Å². The quantitative estimate of drug-likeness (QED) is 0.303. The highest BCUT2D eigenvalue weighted by molar-refractivity contribution is 6.43. The van der Waals surface area contributed by atoms with Crippen LogP contribution in [0.3, 0.4) is 0 Å². The topological polar surface area (TPSA) is 0 Å². The molecular formula is C24H20Cl6. The van der Waals surface area contributed by atoms with E-state index in [0.717, 1.165) is 46.2 Å². The predicted molar refractivity (Wildman–Crippen MR) is 134 cm³/mol. The molecule has 0 N–H and O–H groups in total. The predicted octanol–water partition coefficient (Wildman–Crippen LogP) is 9.79. The van der Waals surface area contributed by atoms with Crippen LogP contribution in [0.5, 0.6) is 0 Å². The largest absolute Gasteiger partial charge is 0.0840 e. The zero-order valence-electron chi connectivity index (χ0n) is 16.6. The molecule has 3 aromatic rings. The van der Waals surface area contributed by atoms with Crippen LogP contribution in [0.1, 0.15) is 33.4 Å². The van der Waals surface area contributed by atoms with Gasteiger partial charge in [-0.3, -0.25) is 0 Å². The molecular weight excluding hydrogens is 501 g/mol. The second-order valence-electron chi connectivity index (χ2n) is 7.41. The van der Waals surface area contributed by atoms with Gasteiger partial charge in [-0.25, -0.2) is 0 Å². The minimum atomic E-state index is 0.606.